The van der Waals surface area contributed by atoms with Crippen molar-refractivity contribution in [1.29, 1.82) is 0 Å². The van der Waals surface area contributed by atoms with Gasteiger partial charge >= 0.3 is 0 Å². The minimum Gasteiger partial charge on any atom is -0.341 e. The van der Waals surface area contributed by atoms with Crippen molar-refractivity contribution in [2.75, 3.05) is 27.2 Å². The molecular formula is C37H41N5O2. The van der Waals surface area contributed by atoms with E-state index < -0.39 is 6.04 Å². The lowest BCUT2D eigenvalue weighted by Gasteiger charge is -2.39. The van der Waals surface area contributed by atoms with Crippen LogP contribution in [-0.2, 0) is 22.6 Å². The Morgan fingerprint density at radius 1 is 0.886 bits per heavy atom. The third-order valence-corrected chi connectivity index (χ3v) is 8.37. The molecule has 44 heavy (non-hydrogen) atoms. The minimum atomic E-state index is -0.656. The van der Waals surface area contributed by atoms with Gasteiger partial charge in [0.05, 0.1) is 5.69 Å². The Hall–Kier alpha value is -4.62. The van der Waals surface area contributed by atoms with E-state index in [-0.39, 0.29) is 11.8 Å². The second kappa shape index (κ2) is 14.7. The van der Waals surface area contributed by atoms with E-state index in [1.807, 2.05) is 78.6 Å². The molecule has 7 heteroatoms. The van der Waals surface area contributed by atoms with E-state index in [0.29, 0.717) is 37.8 Å². The molecule has 1 atom stereocenters. The van der Waals surface area contributed by atoms with Gasteiger partial charge in [-0.2, -0.15) is 0 Å². The van der Waals surface area contributed by atoms with Gasteiger partial charge in [0.25, 0.3) is 0 Å². The summed E-state index contributed by atoms with van der Waals surface area (Å²) in [6.45, 7) is 3.64. The van der Waals surface area contributed by atoms with Crippen LogP contribution in [0.4, 0.5) is 0 Å². The lowest BCUT2D eigenvalue weighted by molar-refractivity contribution is -0.145. The third-order valence-electron chi connectivity index (χ3n) is 8.37. The van der Waals surface area contributed by atoms with Crippen LogP contribution in [0.1, 0.15) is 35.2 Å². The maximum absolute atomic E-state index is 14.3. The topological polar surface area (TPSA) is 69.6 Å². The Morgan fingerprint density at radius 2 is 1.57 bits per heavy atom. The first kappa shape index (κ1) is 30.8. The fourth-order valence-corrected chi connectivity index (χ4v) is 5.70. The second-order valence-corrected chi connectivity index (χ2v) is 11.7. The number of pyridine rings is 2. The lowest BCUT2D eigenvalue weighted by atomic mass is 9.98. The Bertz CT molecular complexity index is 1530. The fraction of sp³-hybridized carbons (Fsp3) is 0.297. The Morgan fingerprint density at radius 3 is 2.20 bits per heavy atom. The Labute approximate surface area is 260 Å². The average molecular weight is 588 g/mol. The molecule has 1 fully saturated rings. The predicted octanol–water partition coefficient (Wildman–Crippen LogP) is 5.66. The third kappa shape index (κ3) is 8.05. The molecule has 7 nitrogen and oxygen atoms in total. The smallest absolute Gasteiger partial charge is 0.247 e. The summed E-state index contributed by atoms with van der Waals surface area (Å²) in [5.41, 5.74) is 5.87. The number of carbonyl (C=O) groups is 2. The van der Waals surface area contributed by atoms with Gasteiger partial charge in [0.1, 0.15) is 6.04 Å². The van der Waals surface area contributed by atoms with Crippen molar-refractivity contribution in [3.05, 3.63) is 126 Å². The van der Waals surface area contributed by atoms with Crippen molar-refractivity contribution in [3.63, 3.8) is 0 Å². The van der Waals surface area contributed by atoms with Gasteiger partial charge in [-0.3, -0.25) is 19.6 Å². The average Bonchev–Trinajstić information content (AvgIpc) is 3.07. The summed E-state index contributed by atoms with van der Waals surface area (Å²) >= 11 is 0. The highest BCUT2D eigenvalue weighted by Crippen LogP contribution is 2.23. The predicted molar refractivity (Wildman–Crippen MR) is 175 cm³/mol. The van der Waals surface area contributed by atoms with E-state index in [1.165, 1.54) is 0 Å². The molecule has 0 radical (unpaired) electrons. The number of aromatic nitrogens is 2. The first-order valence-corrected chi connectivity index (χ1v) is 15.3. The summed E-state index contributed by atoms with van der Waals surface area (Å²) in [5, 5.41) is 0. The largest absolute Gasteiger partial charge is 0.341 e. The van der Waals surface area contributed by atoms with Crippen molar-refractivity contribution in [2.45, 2.75) is 44.8 Å². The molecule has 0 saturated carbocycles. The van der Waals surface area contributed by atoms with Gasteiger partial charge in [-0.15, -0.1) is 0 Å². The fourth-order valence-electron chi connectivity index (χ4n) is 5.70. The highest BCUT2D eigenvalue weighted by molar-refractivity contribution is 5.95. The maximum atomic E-state index is 14.3. The van der Waals surface area contributed by atoms with E-state index in [0.717, 1.165) is 40.7 Å². The van der Waals surface area contributed by atoms with E-state index in [9.17, 15) is 9.59 Å². The summed E-state index contributed by atoms with van der Waals surface area (Å²) in [7, 11) is 4.19. The number of piperidine rings is 1. The molecule has 226 valence electrons. The van der Waals surface area contributed by atoms with Gasteiger partial charge in [-0.25, -0.2) is 0 Å². The molecule has 1 aliphatic heterocycles. The molecule has 2 amide bonds. The van der Waals surface area contributed by atoms with Crippen LogP contribution in [0.25, 0.3) is 17.2 Å². The number of carbonyl (C=O) groups excluding carboxylic acids is 2. The van der Waals surface area contributed by atoms with Crippen LogP contribution in [0, 0.1) is 6.92 Å². The number of hydrogen-bond acceptors (Lipinski definition) is 5. The molecule has 2 aromatic heterocycles. The highest BCUT2D eigenvalue weighted by atomic mass is 16.2. The first-order valence-electron chi connectivity index (χ1n) is 15.3. The molecule has 1 saturated heterocycles. The molecule has 5 rings (SSSR count). The van der Waals surface area contributed by atoms with Crippen molar-refractivity contribution >= 4 is 17.9 Å². The first-order chi connectivity index (χ1) is 21.4. The molecule has 0 aliphatic carbocycles. The van der Waals surface area contributed by atoms with E-state index >= 15 is 0 Å². The summed E-state index contributed by atoms with van der Waals surface area (Å²) in [5.74, 6) is -0.224. The molecule has 1 aliphatic rings. The number of nitrogens with zero attached hydrogens (tertiary/aromatic N) is 5. The number of hydrogen-bond donors (Lipinski definition) is 0. The van der Waals surface area contributed by atoms with Crippen molar-refractivity contribution in [3.8, 4) is 11.1 Å². The van der Waals surface area contributed by atoms with Crippen LogP contribution in [0.15, 0.2) is 104 Å². The van der Waals surface area contributed by atoms with Gasteiger partial charge < -0.3 is 14.7 Å². The highest BCUT2D eigenvalue weighted by Gasteiger charge is 2.34. The van der Waals surface area contributed by atoms with Crippen LogP contribution in [0.3, 0.4) is 0 Å². The normalized spacial score (nSPS) is 14.6. The van der Waals surface area contributed by atoms with Crippen molar-refractivity contribution < 1.29 is 9.59 Å². The molecular weight excluding hydrogens is 546 g/mol. The van der Waals surface area contributed by atoms with Gasteiger partial charge in [0.2, 0.25) is 11.8 Å². The molecule has 3 heterocycles. The minimum absolute atomic E-state index is 0.00493. The van der Waals surface area contributed by atoms with Gasteiger partial charge in [0.15, 0.2) is 0 Å². The number of aryl methyl sites for hydroxylation is 1. The van der Waals surface area contributed by atoms with Gasteiger partial charge in [-0.1, -0.05) is 60.7 Å². The SMILES string of the molecule is Cc1ccc(C=CC(=O)N(Cc2ccc(-c3ccncc3)cc2)[C@@H](Cc2ccccc2)C(=O)N2CCC(N(C)C)CC2)nc1. The zero-order chi connectivity index (χ0) is 30.9. The van der Waals surface area contributed by atoms with Crippen LogP contribution >= 0.6 is 0 Å². The number of amides is 2. The molecule has 0 bridgehead atoms. The van der Waals surface area contributed by atoms with E-state index in [4.69, 9.17) is 0 Å². The maximum Gasteiger partial charge on any atom is 0.247 e. The van der Waals surface area contributed by atoms with E-state index in [1.54, 1.807) is 35.6 Å². The van der Waals surface area contributed by atoms with Crippen LogP contribution in [0.2, 0.25) is 0 Å². The van der Waals surface area contributed by atoms with Gasteiger partial charge in [0, 0.05) is 56.8 Å². The van der Waals surface area contributed by atoms with Crippen LogP contribution < -0.4 is 0 Å². The quantitative estimate of drug-likeness (QED) is 0.224. The number of rotatable bonds is 10. The number of likely N-dealkylation sites (tertiary alicyclic amines) is 1. The van der Waals surface area contributed by atoms with Crippen LogP contribution in [-0.4, -0.2) is 75.8 Å². The van der Waals surface area contributed by atoms with Crippen molar-refractivity contribution in [2.24, 2.45) is 0 Å². The van der Waals surface area contributed by atoms with Crippen molar-refractivity contribution in [1.82, 2.24) is 24.7 Å². The summed E-state index contributed by atoms with van der Waals surface area (Å²) in [6, 6.07) is 25.8. The summed E-state index contributed by atoms with van der Waals surface area (Å²) in [4.78, 5) is 42.9. The zero-order valence-electron chi connectivity index (χ0n) is 25.8. The monoisotopic (exact) mass is 587 g/mol. The number of benzene rings is 2. The lowest BCUT2D eigenvalue weighted by Crippen LogP contribution is -2.54. The Balaban J connectivity index is 1.46. The van der Waals surface area contributed by atoms with Crippen LogP contribution in [0.5, 0.6) is 0 Å². The summed E-state index contributed by atoms with van der Waals surface area (Å²) < 4.78 is 0. The molecule has 0 spiro atoms. The molecule has 4 aromatic rings. The molecule has 0 unspecified atom stereocenters. The summed E-state index contributed by atoms with van der Waals surface area (Å²) in [6.07, 6.45) is 10.9. The van der Waals surface area contributed by atoms with Gasteiger partial charge in [-0.05, 0) is 86.0 Å². The second-order valence-electron chi connectivity index (χ2n) is 11.7. The van der Waals surface area contributed by atoms with E-state index in [2.05, 4.69) is 41.1 Å². The molecule has 0 N–H and O–H groups in total. The zero-order valence-corrected chi connectivity index (χ0v) is 25.8. The molecule has 2 aromatic carbocycles. The standard InChI is InChI=1S/C37H41N5O2/c1-28-9-14-33(39-26-28)15-16-36(43)42(27-30-10-12-31(13-11-30)32-17-21-38-22-18-32)35(25-29-7-5-4-6-8-29)37(44)41-23-19-34(20-24-41)40(2)3/h4-18,21-22,26,34-35H,19-20,23-25,27H2,1-3H3/t35-/m0/s1. The Kier molecular flexibility index (Phi) is 10.3.